The molecular formula is C14H17NO2. The number of hydrogen-bond acceptors (Lipinski definition) is 3. The summed E-state index contributed by atoms with van der Waals surface area (Å²) < 4.78 is 10.9. The number of hydrogen-bond donors (Lipinski definition) is 0. The number of pyridine rings is 1. The topological polar surface area (TPSA) is 31.4 Å². The molecule has 1 aromatic heterocycles. The van der Waals surface area contributed by atoms with Crippen LogP contribution >= 0.6 is 0 Å². The predicted octanol–water partition coefficient (Wildman–Crippen LogP) is 3.26. The molecule has 3 heteroatoms. The molecule has 0 unspecified atom stereocenters. The summed E-state index contributed by atoms with van der Waals surface area (Å²) in [6, 6.07) is 6.06. The molecule has 0 N–H and O–H groups in total. The van der Waals surface area contributed by atoms with E-state index >= 15 is 0 Å². The van der Waals surface area contributed by atoms with Crippen molar-refractivity contribution in [3.8, 4) is 11.5 Å². The lowest BCUT2D eigenvalue weighted by molar-refractivity contribution is 0.311. The molecule has 0 spiro atoms. The van der Waals surface area contributed by atoms with Gasteiger partial charge in [0, 0.05) is 16.8 Å². The lowest BCUT2D eigenvalue weighted by atomic mass is 10.1. The average molecular weight is 231 g/mol. The second kappa shape index (κ2) is 4.62. The van der Waals surface area contributed by atoms with Gasteiger partial charge in [-0.2, -0.15) is 0 Å². The molecule has 1 heterocycles. The summed E-state index contributed by atoms with van der Waals surface area (Å²) in [7, 11) is 1.65. The lowest BCUT2D eigenvalue weighted by Crippen LogP contribution is -1.96. The molecule has 3 nitrogen and oxygen atoms in total. The van der Waals surface area contributed by atoms with Crippen molar-refractivity contribution in [2.24, 2.45) is 0 Å². The van der Waals surface area contributed by atoms with Crippen LogP contribution in [0.2, 0.25) is 0 Å². The molecule has 90 valence electrons. The molecule has 0 amide bonds. The van der Waals surface area contributed by atoms with Crippen LogP contribution in [0.1, 0.15) is 18.3 Å². The van der Waals surface area contributed by atoms with Crippen LogP contribution in [0.5, 0.6) is 11.5 Å². The van der Waals surface area contributed by atoms with Crippen LogP contribution < -0.4 is 9.47 Å². The van der Waals surface area contributed by atoms with E-state index in [9.17, 15) is 0 Å². The third-order valence-electron chi connectivity index (χ3n) is 2.73. The van der Waals surface area contributed by atoms with Crippen molar-refractivity contribution in [3.63, 3.8) is 0 Å². The maximum atomic E-state index is 5.57. The van der Waals surface area contributed by atoms with E-state index in [1.165, 1.54) is 0 Å². The first-order valence-corrected chi connectivity index (χ1v) is 5.74. The minimum atomic E-state index is 0.630. The van der Waals surface area contributed by atoms with Gasteiger partial charge in [0.05, 0.1) is 13.7 Å². The maximum absolute atomic E-state index is 5.57. The Balaban J connectivity index is 2.69. The van der Waals surface area contributed by atoms with E-state index in [0.717, 1.165) is 33.7 Å². The molecule has 2 rings (SSSR count). The van der Waals surface area contributed by atoms with E-state index < -0.39 is 0 Å². The first kappa shape index (κ1) is 11.7. The van der Waals surface area contributed by atoms with Crippen LogP contribution in [-0.2, 0) is 0 Å². The normalized spacial score (nSPS) is 10.6. The van der Waals surface area contributed by atoms with Gasteiger partial charge in [0.15, 0.2) is 11.5 Å². The Morgan fingerprint density at radius 1 is 1.12 bits per heavy atom. The highest BCUT2D eigenvalue weighted by Gasteiger charge is 2.09. The fraction of sp³-hybridized carbons (Fsp3) is 0.357. The standard InChI is InChI=1S/C14H17NO2/c1-5-17-14-7-11-6-9(2)15-10(3)12(11)8-13(14)16-4/h6-8H,5H2,1-4H3. The molecule has 0 aliphatic rings. The molecule has 1 aromatic carbocycles. The molecule has 0 aliphatic heterocycles. The Bertz CT molecular complexity index is 549. The summed E-state index contributed by atoms with van der Waals surface area (Å²) in [4.78, 5) is 4.46. The third kappa shape index (κ3) is 2.18. The zero-order valence-electron chi connectivity index (χ0n) is 10.7. The van der Waals surface area contributed by atoms with Gasteiger partial charge in [0.25, 0.3) is 0 Å². The summed E-state index contributed by atoms with van der Waals surface area (Å²) >= 11 is 0. The van der Waals surface area contributed by atoms with Crippen molar-refractivity contribution in [2.45, 2.75) is 20.8 Å². The molecule has 0 fully saturated rings. The zero-order chi connectivity index (χ0) is 12.4. The molecule has 0 saturated heterocycles. The van der Waals surface area contributed by atoms with Crippen molar-refractivity contribution in [1.82, 2.24) is 4.98 Å². The summed E-state index contributed by atoms with van der Waals surface area (Å²) in [6.07, 6.45) is 0. The smallest absolute Gasteiger partial charge is 0.161 e. The highest BCUT2D eigenvalue weighted by atomic mass is 16.5. The van der Waals surface area contributed by atoms with Crippen LogP contribution in [0.25, 0.3) is 10.8 Å². The molecular weight excluding hydrogens is 214 g/mol. The summed E-state index contributed by atoms with van der Waals surface area (Å²) in [5.74, 6) is 1.54. The molecule has 0 bridgehead atoms. The van der Waals surface area contributed by atoms with Crippen LogP contribution in [0, 0.1) is 13.8 Å². The van der Waals surface area contributed by atoms with Crippen molar-refractivity contribution in [1.29, 1.82) is 0 Å². The van der Waals surface area contributed by atoms with E-state index in [1.807, 2.05) is 32.9 Å². The monoisotopic (exact) mass is 231 g/mol. The fourth-order valence-electron chi connectivity index (χ4n) is 2.02. The summed E-state index contributed by atoms with van der Waals surface area (Å²) in [6.45, 7) is 6.60. The SMILES string of the molecule is CCOc1cc2cc(C)nc(C)c2cc1OC. The third-order valence-corrected chi connectivity index (χ3v) is 2.73. The van der Waals surface area contributed by atoms with Gasteiger partial charge in [0.2, 0.25) is 0 Å². The largest absolute Gasteiger partial charge is 0.493 e. The van der Waals surface area contributed by atoms with E-state index in [1.54, 1.807) is 7.11 Å². The highest BCUT2D eigenvalue weighted by molar-refractivity contribution is 5.88. The molecule has 2 aromatic rings. The van der Waals surface area contributed by atoms with Crippen LogP contribution in [-0.4, -0.2) is 18.7 Å². The van der Waals surface area contributed by atoms with Crippen LogP contribution in [0.4, 0.5) is 0 Å². The second-order valence-corrected chi connectivity index (χ2v) is 4.01. The second-order valence-electron chi connectivity index (χ2n) is 4.01. The van der Waals surface area contributed by atoms with Crippen LogP contribution in [0.3, 0.4) is 0 Å². The van der Waals surface area contributed by atoms with Gasteiger partial charge in [-0.3, -0.25) is 4.98 Å². The quantitative estimate of drug-likeness (QED) is 0.812. The van der Waals surface area contributed by atoms with Gasteiger partial charge >= 0.3 is 0 Å². The molecule has 0 radical (unpaired) electrons. The number of nitrogens with zero attached hydrogens (tertiary/aromatic N) is 1. The number of methoxy groups -OCH3 is 1. The minimum Gasteiger partial charge on any atom is -0.493 e. The Morgan fingerprint density at radius 3 is 2.53 bits per heavy atom. The molecule has 0 aliphatic carbocycles. The van der Waals surface area contributed by atoms with Gasteiger partial charge in [-0.05, 0) is 44.4 Å². The molecule has 0 saturated carbocycles. The average Bonchev–Trinajstić information content (AvgIpc) is 2.28. The minimum absolute atomic E-state index is 0.630. The summed E-state index contributed by atoms with van der Waals surface area (Å²) in [5, 5.41) is 2.25. The Labute approximate surface area is 101 Å². The zero-order valence-corrected chi connectivity index (χ0v) is 10.7. The van der Waals surface area contributed by atoms with Gasteiger partial charge < -0.3 is 9.47 Å². The van der Waals surface area contributed by atoms with E-state index in [4.69, 9.17) is 9.47 Å². The van der Waals surface area contributed by atoms with Crippen LogP contribution in [0.15, 0.2) is 18.2 Å². The van der Waals surface area contributed by atoms with Gasteiger partial charge in [-0.25, -0.2) is 0 Å². The predicted molar refractivity (Wildman–Crippen MR) is 68.9 cm³/mol. The van der Waals surface area contributed by atoms with Crippen molar-refractivity contribution >= 4 is 10.8 Å². The number of rotatable bonds is 3. The Morgan fingerprint density at radius 2 is 1.88 bits per heavy atom. The van der Waals surface area contributed by atoms with Gasteiger partial charge in [-0.15, -0.1) is 0 Å². The number of fused-ring (bicyclic) bond motifs is 1. The molecule has 17 heavy (non-hydrogen) atoms. The first-order chi connectivity index (χ1) is 8.15. The number of aromatic nitrogens is 1. The van der Waals surface area contributed by atoms with Crippen molar-refractivity contribution in [3.05, 3.63) is 29.6 Å². The Kier molecular flexibility index (Phi) is 3.18. The number of ether oxygens (including phenoxy) is 2. The Hall–Kier alpha value is -1.77. The summed E-state index contributed by atoms with van der Waals surface area (Å²) in [5.41, 5.74) is 2.03. The maximum Gasteiger partial charge on any atom is 0.161 e. The van der Waals surface area contributed by atoms with E-state index in [0.29, 0.717) is 6.61 Å². The van der Waals surface area contributed by atoms with Crippen molar-refractivity contribution < 1.29 is 9.47 Å². The van der Waals surface area contributed by atoms with Gasteiger partial charge in [-0.1, -0.05) is 0 Å². The number of aryl methyl sites for hydroxylation is 2. The van der Waals surface area contributed by atoms with E-state index in [2.05, 4.69) is 11.1 Å². The molecule has 0 atom stereocenters. The number of benzene rings is 1. The van der Waals surface area contributed by atoms with Gasteiger partial charge in [0.1, 0.15) is 0 Å². The first-order valence-electron chi connectivity index (χ1n) is 5.74. The van der Waals surface area contributed by atoms with E-state index in [-0.39, 0.29) is 0 Å². The highest BCUT2D eigenvalue weighted by Crippen LogP contribution is 2.33. The fourth-order valence-corrected chi connectivity index (χ4v) is 2.02. The lowest BCUT2D eigenvalue weighted by Gasteiger charge is -2.12. The van der Waals surface area contributed by atoms with Crippen molar-refractivity contribution in [2.75, 3.05) is 13.7 Å².